The summed E-state index contributed by atoms with van der Waals surface area (Å²) in [4.78, 5) is 36.1. The first-order valence-electron chi connectivity index (χ1n) is 12.9. The predicted octanol–water partition coefficient (Wildman–Crippen LogP) is 1.33. The van der Waals surface area contributed by atoms with Gasteiger partial charge in [0.05, 0.1) is 18.8 Å². The lowest BCUT2D eigenvalue weighted by Crippen LogP contribution is -2.57. The number of carboxylic acid groups (broad SMARTS) is 1. The lowest BCUT2D eigenvalue weighted by molar-refractivity contribution is -0.162. The Balaban J connectivity index is 1.62. The molecule has 0 saturated heterocycles. The number of carboxylic acids is 1. The molecule has 37 heavy (non-hydrogen) atoms. The zero-order chi connectivity index (χ0) is 27.6. The summed E-state index contributed by atoms with van der Waals surface area (Å²) < 4.78 is 16.6. The third-order valence-corrected chi connectivity index (χ3v) is 9.20. The second-order valence-corrected chi connectivity index (χ2v) is 11.8. The van der Waals surface area contributed by atoms with Crippen molar-refractivity contribution in [2.75, 3.05) is 20.0 Å². The van der Waals surface area contributed by atoms with E-state index in [1.54, 1.807) is 13.0 Å². The topological polar surface area (TPSA) is 166 Å². The molecule has 0 aromatic carbocycles. The van der Waals surface area contributed by atoms with E-state index in [4.69, 9.17) is 25.1 Å². The number of aliphatic hydroxyl groups is 2. The van der Waals surface area contributed by atoms with Gasteiger partial charge in [-0.3, -0.25) is 14.4 Å². The van der Waals surface area contributed by atoms with Crippen molar-refractivity contribution in [1.82, 2.24) is 0 Å². The minimum absolute atomic E-state index is 0.0371. The van der Waals surface area contributed by atoms with Gasteiger partial charge in [0.15, 0.2) is 11.4 Å². The van der Waals surface area contributed by atoms with Gasteiger partial charge in [-0.15, -0.1) is 0 Å². The molecule has 10 nitrogen and oxygen atoms in total. The van der Waals surface area contributed by atoms with Crippen molar-refractivity contribution in [3.05, 3.63) is 23.3 Å². The average molecular weight is 522 g/mol. The molecule has 206 valence electrons. The summed E-state index contributed by atoms with van der Waals surface area (Å²) in [5.41, 5.74) is 2.08. The van der Waals surface area contributed by atoms with E-state index in [1.165, 1.54) is 6.92 Å². The van der Waals surface area contributed by atoms with Gasteiger partial charge in [-0.1, -0.05) is 45.4 Å². The Labute approximate surface area is 216 Å². The van der Waals surface area contributed by atoms with Crippen LogP contribution in [0.2, 0.25) is 0 Å². The lowest BCUT2D eigenvalue weighted by atomic mass is 9.62. The number of carbonyl (C=O) groups is 3. The number of allylic oxidation sites excluding steroid dienone is 1. The third kappa shape index (κ3) is 4.17. The molecular formula is C27H39NO9. The molecule has 0 aliphatic heterocycles. The highest BCUT2D eigenvalue weighted by molar-refractivity contribution is 5.98. The van der Waals surface area contributed by atoms with Crippen LogP contribution in [0.25, 0.3) is 0 Å². The Morgan fingerprint density at radius 2 is 1.86 bits per heavy atom. The maximum Gasteiger partial charge on any atom is 0.322 e. The fourth-order valence-corrected chi connectivity index (χ4v) is 7.34. The van der Waals surface area contributed by atoms with E-state index in [1.807, 2.05) is 26.8 Å². The fraction of sp³-hybridized carbons (Fsp3) is 0.741. The van der Waals surface area contributed by atoms with Crippen LogP contribution in [0.4, 0.5) is 0 Å². The first-order chi connectivity index (χ1) is 17.1. The SMILES string of the molecule is CC(=O)O[C@@]12C[C@@H](C)[C@]3(O)C4=CC(C)C(=O)[C@@]4(O)CC(CCOCOC[C@@H](N)C(=O)O)=C[C@H]3[C@@H]1C2(C)C. The van der Waals surface area contributed by atoms with Crippen molar-refractivity contribution in [2.45, 2.75) is 76.7 Å². The van der Waals surface area contributed by atoms with Gasteiger partial charge in [-0.05, 0) is 24.3 Å². The van der Waals surface area contributed by atoms with Crippen molar-refractivity contribution in [2.24, 2.45) is 34.8 Å². The smallest absolute Gasteiger partial charge is 0.322 e. The van der Waals surface area contributed by atoms with Gasteiger partial charge < -0.3 is 35.3 Å². The van der Waals surface area contributed by atoms with E-state index >= 15 is 0 Å². The van der Waals surface area contributed by atoms with E-state index < -0.39 is 46.1 Å². The van der Waals surface area contributed by atoms with Gasteiger partial charge in [0, 0.05) is 36.5 Å². The summed E-state index contributed by atoms with van der Waals surface area (Å²) in [7, 11) is 0. The van der Waals surface area contributed by atoms with Crippen LogP contribution in [-0.4, -0.2) is 75.9 Å². The fourth-order valence-electron chi connectivity index (χ4n) is 7.34. The maximum atomic E-state index is 13.2. The summed E-state index contributed by atoms with van der Waals surface area (Å²) in [6.45, 7) is 8.90. The molecule has 2 saturated carbocycles. The molecule has 8 atom stereocenters. The normalized spacial score (nSPS) is 40.4. The Kier molecular flexibility index (Phi) is 6.99. The number of aliphatic carboxylic acids is 1. The third-order valence-electron chi connectivity index (χ3n) is 9.20. The molecule has 0 spiro atoms. The van der Waals surface area contributed by atoms with Crippen LogP contribution in [0.3, 0.4) is 0 Å². The monoisotopic (exact) mass is 521 g/mol. The molecule has 4 aliphatic carbocycles. The van der Waals surface area contributed by atoms with Gasteiger partial charge >= 0.3 is 11.9 Å². The molecule has 0 amide bonds. The molecule has 0 bridgehead atoms. The number of ether oxygens (including phenoxy) is 3. The molecule has 0 radical (unpaired) electrons. The van der Waals surface area contributed by atoms with Gasteiger partial charge in [0.1, 0.15) is 18.4 Å². The molecule has 0 aromatic heterocycles. The zero-order valence-electron chi connectivity index (χ0n) is 22.2. The Hall–Kier alpha value is -2.11. The molecule has 5 N–H and O–H groups in total. The van der Waals surface area contributed by atoms with Gasteiger partial charge in [0.25, 0.3) is 0 Å². The van der Waals surface area contributed by atoms with Crippen molar-refractivity contribution in [1.29, 1.82) is 0 Å². The van der Waals surface area contributed by atoms with Crippen LogP contribution in [0, 0.1) is 29.1 Å². The molecule has 0 heterocycles. The largest absolute Gasteiger partial charge is 0.480 e. The van der Waals surface area contributed by atoms with Crippen molar-refractivity contribution < 1.29 is 43.9 Å². The van der Waals surface area contributed by atoms with Crippen LogP contribution in [0.5, 0.6) is 0 Å². The van der Waals surface area contributed by atoms with Gasteiger partial charge in [0.2, 0.25) is 0 Å². The Bertz CT molecular complexity index is 1050. The Morgan fingerprint density at radius 1 is 1.19 bits per heavy atom. The van der Waals surface area contributed by atoms with Crippen LogP contribution in [0.1, 0.15) is 53.9 Å². The first kappa shape index (κ1) is 27.9. The van der Waals surface area contributed by atoms with E-state index in [-0.39, 0.29) is 50.0 Å². The van der Waals surface area contributed by atoms with Gasteiger partial charge in [-0.2, -0.15) is 0 Å². The van der Waals surface area contributed by atoms with Crippen molar-refractivity contribution in [3.63, 3.8) is 0 Å². The standard InChI is InChI=1S/C27H39NO9/c1-14-8-20-25(33,22(14)30)11-17(6-7-35-13-36-12-19(28)23(31)32)9-18-21-24(4,5)26(21,37-16(3)29)10-15(2)27(18,20)34/h8-9,14-15,18-19,21,33-34H,6-7,10-13,28H2,1-5H3,(H,31,32)/t14?,15-,18+,19-,21-,25-,26+,27-/m1/s1. The number of ketones is 1. The quantitative estimate of drug-likeness (QED) is 0.150. The number of hydrogen-bond donors (Lipinski definition) is 4. The number of Topliss-reactive ketones (excluding diaryl/α,β-unsaturated/α-hetero) is 1. The van der Waals surface area contributed by atoms with Crippen molar-refractivity contribution in [3.8, 4) is 0 Å². The summed E-state index contributed by atoms with van der Waals surface area (Å²) in [5.74, 6) is -3.48. The highest BCUT2D eigenvalue weighted by Crippen LogP contribution is 2.76. The molecular weight excluding hydrogens is 482 g/mol. The summed E-state index contributed by atoms with van der Waals surface area (Å²) in [6, 6.07) is -1.15. The maximum absolute atomic E-state index is 13.2. The van der Waals surface area contributed by atoms with E-state index in [2.05, 4.69) is 0 Å². The summed E-state index contributed by atoms with van der Waals surface area (Å²) >= 11 is 0. The molecule has 10 heteroatoms. The Morgan fingerprint density at radius 3 is 2.49 bits per heavy atom. The molecule has 2 fully saturated rings. The summed E-state index contributed by atoms with van der Waals surface area (Å²) in [6.07, 6.45) is 4.49. The van der Waals surface area contributed by atoms with Crippen molar-refractivity contribution >= 4 is 17.7 Å². The molecule has 4 rings (SSSR count). The second-order valence-electron chi connectivity index (χ2n) is 11.8. The van der Waals surface area contributed by atoms with Crippen LogP contribution < -0.4 is 5.73 Å². The first-order valence-corrected chi connectivity index (χ1v) is 12.9. The number of nitrogens with two attached hydrogens (primary N) is 1. The number of esters is 1. The number of rotatable bonds is 9. The number of carbonyl (C=O) groups excluding carboxylic acids is 2. The van der Waals surface area contributed by atoms with E-state index in [0.717, 1.165) is 5.57 Å². The average Bonchev–Trinajstić information content (AvgIpc) is 3.19. The molecule has 4 aliphatic rings. The second kappa shape index (κ2) is 9.27. The van der Waals surface area contributed by atoms with E-state index in [0.29, 0.717) is 18.4 Å². The minimum Gasteiger partial charge on any atom is -0.480 e. The minimum atomic E-state index is -1.83. The number of hydrogen-bond acceptors (Lipinski definition) is 9. The molecule has 0 aromatic rings. The molecule has 1 unspecified atom stereocenters. The van der Waals surface area contributed by atoms with Crippen LogP contribution >= 0.6 is 0 Å². The van der Waals surface area contributed by atoms with Crippen LogP contribution in [0.15, 0.2) is 23.3 Å². The predicted molar refractivity (Wildman–Crippen MR) is 131 cm³/mol. The van der Waals surface area contributed by atoms with Gasteiger partial charge in [-0.25, -0.2) is 0 Å². The highest BCUT2D eigenvalue weighted by atomic mass is 16.7. The van der Waals surface area contributed by atoms with E-state index in [9.17, 15) is 24.6 Å². The number of fused-ring (bicyclic) bond motifs is 5. The zero-order valence-corrected chi connectivity index (χ0v) is 22.2. The highest BCUT2D eigenvalue weighted by Gasteiger charge is 2.82. The summed E-state index contributed by atoms with van der Waals surface area (Å²) in [5, 5.41) is 33.0. The van der Waals surface area contributed by atoms with Crippen LogP contribution in [-0.2, 0) is 28.6 Å². The lowest BCUT2D eigenvalue weighted by Gasteiger charge is -2.48.